The van der Waals surface area contributed by atoms with Gasteiger partial charge in [-0.2, -0.15) is 0 Å². The second-order valence-corrected chi connectivity index (χ2v) is 7.48. The number of carbonyl (C=O) groups is 1. The Morgan fingerprint density at radius 1 is 1.08 bits per heavy atom. The van der Waals surface area contributed by atoms with Gasteiger partial charge in [0.25, 0.3) is 0 Å². The summed E-state index contributed by atoms with van der Waals surface area (Å²) < 4.78 is 37.5. The Labute approximate surface area is 153 Å². The molecular formula is C18H22N2O5S. The summed E-state index contributed by atoms with van der Waals surface area (Å²) >= 11 is 0. The van der Waals surface area contributed by atoms with Crippen LogP contribution in [0.5, 0.6) is 11.5 Å². The first-order valence-corrected chi connectivity index (χ1v) is 9.49. The van der Waals surface area contributed by atoms with E-state index in [0.717, 1.165) is 0 Å². The molecule has 2 aromatic carbocycles. The zero-order valence-corrected chi connectivity index (χ0v) is 15.7. The van der Waals surface area contributed by atoms with Gasteiger partial charge in [0.1, 0.15) is 11.5 Å². The third kappa shape index (κ3) is 5.47. The van der Waals surface area contributed by atoms with Crippen molar-refractivity contribution in [1.82, 2.24) is 4.72 Å². The van der Waals surface area contributed by atoms with Crippen LogP contribution in [0.3, 0.4) is 0 Å². The first-order chi connectivity index (χ1) is 12.3. The third-order valence-electron chi connectivity index (χ3n) is 3.31. The van der Waals surface area contributed by atoms with E-state index in [1.54, 1.807) is 36.4 Å². The smallest absolute Gasteiger partial charge is 0.241 e. The van der Waals surface area contributed by atoms with Gasteiger partial charge in [0, 0.05) is 0 Å². The van der Waals surface area contributed by atoms with E-state index in [1.807, 2.05) is 13.8 Å². The average Bonchev–Trinajstić information content (AvgIpc) is 2.60. The lowest BCUT2D eigenvalue weighted by atomic mass is 10.3. The van der Waals surface area contributed by atoms with E-state index >= 15 is 0 Å². The Bertz CT molecular complexity index is 848. The highest BCUT2D eigenvalue weighted by molar-refractivity contribution is 7.89. The first-order valence-electron chi connectivity index (χ1n) is 8.01. The SMILES string of the molecule is COc1ccccc1NC(=O)CNS(=O)(=O)c1ccc(OC(C)C)cc1. The second-order valence-electron chi connectivity index (χ2n) is 5.71. The Hall–Kier alpha value is -2.58. The van der Waals surface area contributed by atoms with Crippen LogP contribution in [0, 0.1) is 0 Å². The van der Waals surface area contributed by atoms with Gasteiger partial charge in [0.15, 0.2) is 0 Å². The lowest BCUT2D eigenvalue weighted by molar-refractivity contribution is -0.115. The van der Waals surface area contributed by atoms with Crippen LogP contribution in [0.25, 0.3) is 0 Å². The number of hydrogen-bond donors (Lipinski definition) is 2. The highest BCUT2D eigenvalue weighted by Crippen LogP contribution is 2.22. The van der Waals surface area contributed by atoms with Crippen LogP contribution in [0.4, 0.5) is 5.69 Å². The molecule has 2 rings (SSSR count). The first kappa shape index (κ1) is 19.7. The molecule has 0 heterocycles. The van der Waals surface area contributed by atoms with Crippen LogP contribution in [0.2, 0.25) is 0 Å². The molecule has 0 aliphatic heterocycles. The fourth-order valence-electron chi connectivity index (χ4n) is 2.16. The number of anilines is 1. The van der Waals surface area contributed by atoms with Crippen LogP contribution in [0.15, 0.2) is 53.4 Å². The van der Waals surface area contributed by atoms with Gasteiger partial charge in [-0.05, 0) is 50.2 Å². The van der Waals surface area contributed by atoms with Crippen molar-refractivity contribution in [3.05, 3.63) is 48.5 Å². The summed E-state index contributed by atoms with van der Waals surface area (Å²) in [6.45, 7) is 3.36. The average molecular weight is 378 g/mol. The van der Waals surface area contributed by atoms with E-state index in [4.69, 9.17) is 9.47 Å². The van der Waals surface area contributed by atoms with Crippen molar-refractivity contribution in [3.63, 3.8) is 0 Å². The van der Waals surface area contributed by atoms with Crippen LogP contribution < -0.4 is 19.5 Å². The fourth-order valence-corrected chi connectivity index (χ4v) is 3.14. The zero-order valence-electron chi connectivity index (χ0n) is 14.9. The minimum Gasteiger partial charge on any atom is -0.495 e. The summed E-state index contributed by atoms with van der Waals surface area (Å²) in [6.07, 6.45) is -0.00532. The molecule has 2 aromatic rings. The summed E-state index contributed by atoms with van der Waals surface area (Å²) in [5, 5.41) is 2.61. The molecule has 0 unspecified atom stereocenters. The van der Waals surface area contributed by atoms with E-state index in [0.29, 0.717) is 17.2 Å². The zero-order chi connectivity index (χ0) is 19.2. The minimum atomic E-state index is -3.81. The maximum Gasteiger partial charge on any atom is 0.241 e. The van der Waals surface area contributed by atoms with Crippen molar-refractivity contribution in [2.24, 2.45) is 0 Å². The van der Waals surface area contributed by atoms with Crippen LogP contribution in [0.1, 0.15) is 13.8 Å². The van der Waals surface area contributed by atoms with Crippen molar-refractivity contribution >= 4 is 21.6 Å². The fraction of sp³-hybridized carbons (Fsp3) is 0.278. The molecule has 0 fully saturated rings. The van der Waals surface area contributed by atoms with Crippen LogP contribution >= 0.6 is 0 Å². The number of para-hydroxylation sites is 2. The molecule has 0 bridgehead atoms. The molecule has 0 radical (unpaired) electrons. The molecule has 2 N–H and O–H groups in total. The summed E-state index contributed by atoms with van der Waals surface area (Å²) in [5.74, 6) is 0.565. The predicted molar refractivity (Wildman–Crippen MR) is 99.0 cm³/mol. The monoisotopic (exact) mass is 378 g/mol. The Morgan fingerprint density at radius 3 is 2.35 bits per heavy atom. The van der Waals surface area contributed by atoms with Gasteiger partial charge in [-0.3, -0.25) is 4.79 Å². The number of hydrogen-bond acceptors (Lipinski definition) is 5. The topological polar surface area (TPSA) is 93.7 Å². The molecule has 0 aliphatic rings. The molecule has 0 aromatic heterocycles. The number of rotatable bonds is 8. The minimum absolute atomic E-state index is 0.00532. The van der Waals surface area contributed by atoms with Crippen molar-refractivity contribution in [1.29, 1.82) is 0 Å². The number of carbonyl (C=O) groups excluding carboxylic acids is 1. The quantitative estimate of drug-likeness (QED) is 0.736. The lowest BCUT2D eigenvalue weighted by Crippen LogP contribution is -2.33. The standard InChI is InChI=1S/C18H22N2O5S/c1-13(2)25-14-8-10-15(11-9-14)26(22,23)19-12-18(21)20-16-6-4-5-7-17(16)24-3/h4-11,13,19H,12H2,1-3H3,(H,20,21). The van der Waals surface area contributed by atoms with Gasteiger partial charge in [-0.25, -0.2) is 13.1 Å². The molecule has 0 saturated carbocycles. The predicted octanol–water partition coefficient (Wildman–Crippen LogP) is 2.40. The molecule has 26 heavy (non-hydrogen) atoms. The van der Waals surface area contributed by atoms with Gasteiger partial charge >= 0.3 is 0 Å². The van der Waals surface area contributed by atoms with E-state index in [-0.39, 0.29) is 11.0 Å². The van der Waals surface area contributed by atoms with Crippen LogP contribution in [-0.2, 0) is 14.8 Å². The van der Waals surface area contributed by atoms with E-state index in [9.17, 15) is 13.2 Å². The van der Waals surface area contributed by atoms with E-state index in [1.165, 1.54) is 19.2 Å². The van der Waals surface area contributed by atoms with Gasteiger partial charge in [-0.15, -0.1) is 0 Å². The summed E-state index contributed by atoms with van der Waals surface area (Å²) in [4.78, 5) is 12.1. The summed E-state index contributed by atoms with van der Waals surface area (Å²) in [6, 6.07) is 12.9. The molecule has 0 spiro atoms. The molecule has 7 nitrogen and oxygen atoms in total. The molecule has 140 valence electrons. The number of methoxy groups -OCH3 is 1. The molecule has 0 aliphatic carbocycles. The molecular weight excluding hydrogens is 356 g/mol. The van der Waals surface area contributed by atoms with Gasteiger partial charge in [0.05, 0.1) is 30.3 Å². The van der Waals surface area contributed by atoms with Gasteiger partial charge in [0.2, 0.25) is 15.9 Å². The molecule has 0 saturated heterocycles. The molecule has 0 atom stereocenters. The highest BCUT2D eigenvalue weighted by atomic mass is 32.2. The number of benzene rings is 2. The van der Waals surface area contributed by atoms with E-state index in [2.05, 4.69) is 10.0 Å². The van der Waals surface area contributed by atoms with Crippen molar-refractivity contribution in [2.45, 2.75) is 24.8 Å². The maximum absolute atomic E-state index is 12.3. The number of amides is 1. The molecule has 8 heteroatoms. The largest absolute Gasteiger partial charge is 0.495 e. The van der Waals surface area contributed by atoms with Crippen molar-refractivity contribution in [2.75, 3.05) is 19.0 Å². The Kier molecular flexibility index (Phi) is 6.59. The number of nitrogens with one attached hydrogen (secondary N) is 2. The van der Waals surface area contributed by atoms with Crippen LogP contribution in [-0.4, -0.2) is 34.1 Å². The van der Waals surface area contributed by atoms with E-state index < -0.39 is 22.5 Å². The normalized spacial score (nSPS) is 11.2. The highest BCUT2D eigenvalue weighted by Gasteiger charge is 2.16. The summed E-state index contributed by atoms with van der Waals surface area (Å²) in [7, 11) is -2.32. The van der Waals surface area contributed by atoms with Gasteiger partial charge in [-0.1, -0.05) is 12.1 Å². The van der Waals surface area contributed by atoms with Crippen molar-refractivity contribution < 1.29 is 22.7 Å². The third-order valence-corrected chi connectivity index (χ3v) is 4.73. The molecule has 1 amide bonds. The second kappa shape index (κ2) is 8.68. The summed E-state index contributed by atoms with van der Waals surface area (Å²) in [5.41, 5.74) is 0.467. The maximum atomic E-state index is 12.3. The Morgan fingerprint density at radius 2 is 1.73 bits per heavy atom. The van der Waals surface area contributed by atoms with Gasteiger partial charge < -0.3 is 14.8 Å². The lowest BCUT2D eigenvalue weighted by Gasteiger charge is -2.12. The number of ether oxygens (including phenoxy) is 2. The van der Waals surface area contributed by atoms with Crippen molar-refractivity contribution in [3.8, 4) is 11.5 Å². The number of sulfonamides is 1. The Balaban J connectivity index is 1.97.